The fourth-order valence-electron chi connectivity index (χ4n) is 0.815. The van der Waals surface area contributed by atoms with Gasteiger partial charge in [-0.15, -0.1) is 0 Å². The molecular formula is C8H9ClFNO2S. The van der Waals surface area contributed by atoms with Gasteiger partial charge in [-0.3, -0.25) is 4.72 Å². The fourth-order valence-corrected chi connectivity index (χ4v) is 1.68. The van der Waals surface area contributed by atoms with Crippen molar-refractivity contribution < 1.29 is 12.8 Å². The topological polar surface area (TPSA) is 46.2 Å². The van der Waals surface area contributed by atoms with E-state index in [1.807, 2.05) is 0 Å². The molecule has 0 atom stereocenters. The van der Waals surface area contributed by atoms with E-state index in [1.54, 1.807) is 0 Å². The van der Waals surface area contributed by atoms with Crippen LogP contribution in [0.15, 0.2) is 18.2 Å². The Morgan fingerprint density at radius 2 is 2.14 bits per heavy atom. The average Bonchev–Trinajstić information content (AvgIpc) is 2.11. The van der Waals surface area contributed by atoms with Gasteiger partial charge in [-0.2, -0.15) is 0 Å². The summed E-state index contributed by atoms with van der Waals surface area (Å²) in [5, 5.41) is 0.170. The summed E-state index contributed by atoms with van der Waals surface area (Å²) in [6.45, 7) is 1.48. The van der Waals surface area contributed by atoms with Gasteiger partial charge in [0.05, 0.1) is 16.5 Å². The summed E-state index contributed by atoms with van der Waals surface area (Å²) >= 11 is 5.67. The maximum Gasteiger partial charge on any atom is 0.232 e. The second-order valence-electron chi connectivity index (χ2n) is 2.63. The van der Waals surface area contributed by atoms with Crippen LogP contribution in [0, 0.1) is 5.82 Å². The van der Waals surface area contributed by atoms with Crippen molar-refractivity contribution in [1.82, 2.24) is 0 Å². The van der Waals surface area contributed by atoms with Gasteiger partial charge in [0.2, 0.25) is 10.0 Å². The van der Waals surface area contributed by atoms with Crippen molar-refractivity contribution in [1.29, 1.82) is 0 Å². The van der Waals surface area contributed by atoms with Gasteiger partial charge < -0.3 is 0 Å². The highest BCUT2D eigenvalue weighted by atomic mass is 35.5. The highest BCUT2D eigenvalue weighted by Gasteiger charge is 2.10. The first kappa shape index (κ1) is 11.3. The first-order valence-corrected chi connectivity index (χ1v) is 5.93. The van der Waals surface area contributed by atoms with E-state index in [0.29, 0.717) is 0 Å². The number of halogens is 2. The smallest absolute Gasteiger partial charge is 0.232 e. The summed E-state index contributed by atoms with van der Waals surface area (Å²) in [5.41, 5.74) is 0.0634. The minimum atomic E-state index is -3.41. The van der Waals surface area contributed by atoms with Crippen LogP contribution in [0.5, 0.6) is 0 Å². The Morgan fingerprint density at radius 1 is 1.50 bits per heavy atom. The van der Waals surface area contributed by atoms with Crippen LogP contribution in [0.3, 0.4) is 0 Å². The van der Waals surface area contributed by atoms with Crippen LogP contribution in [0.25, 0.3) is 0 Å². The predicted molar refractivity (Wildman–Crippen MR) is 54.5 cm³/mol. The molecule has 0 heterocycles. The Labute approximate surface area is 86.9 Å². The first-order valence-electron chi connectivity index (χ1n) is 3.90. The van der Waals surface area contributed by atoms with Crippen molar-refractivity contribution in [2.45, 2.75) is 6.92 Å². The number of hydrogen-bond donors (Lipinski definition) is 1. The van der Waals surface area contributed by atoms with Crippen molar-refractivity contribution >= 4 is 27.3 Å². The van der Waals surface area contributed by atoms with E-state index in [-0.39, 0.29) is 16.5 Å². The quantitative estimate of drug-likeness (QED) is 0.877. The zero-order chi connectivity index (χ0) is 10.8. The Balaban J connectivity index is 3.03. The molecule has 3 nitrogen and oxygen atoms in total. The zero-order valence-electron chi connectivity index (χ0n) is 7.42. The SMILES string of the molecule is CCS(=O)(=O)Nc1cc(F)ccc1Cl. The molecule has 0 spiro atoms. The van der Waals surface area contributed by atoms with Crippen LogP contribution < -0.4 is 4.72 Å². The van der Waals surface area contributed by atoms with Crippen molar-refractivity contribution in [2.75, 3.05) is 10.5 Å². The van der Waals surface area contributed by atoms with Gasteiger partial charge in [0.25, 0.3) is 0 Å². The van der Waals surface area contributed by atoms with Gasteiger partial charge in [-0.05, 0) is 25.1 Å². The van der Waals surface area contributed by atoms with Crippen LogP contribution in [-0.2, 0) is 10.0 Å². The van der Waals surface area contributed by atoms with E-state index in [9.17, 15) is 12.8 Å². The van der Waals surface area contributed by atoms with E-state index in [2.05, 4.69) is 4.72 Å². The molecule has 0 aliphatic carbocycles. The normalized spacial score (nSPS) is 11.4. The molecule has 1 aromatic rings. The molecule has 0 saturated carbocycles. The van der Waals surface area contributed by atoms with E-state index >= 15 is 0 Å². The molecular weight excluding hydrogens is 229 g/mol. The molecule has 0 saturated heterocycles. The summed E-state index contributed by atoms with van der Waals surface area (Å²) in [6.07, 6.45) is 0. The van der Waals surface area contributed by atoms with Gasteiger partial charge in [-0.1, -0.05) is 11.6 Å². The number of sulfonamides is 1. The monoisotopic (exact) mass is 237 g/mol. The predicted octanol–water partition coefficient (Wildman–Crippen LogP) is 2.24. The minimum absolute atomic E-state index is 0.0634. The molecule has 0 fully saturated rings. The number of hydrogen-bond acceptors (Lipinski definition) is 2. The summed E-state index contributed by atoms with van der Waals surface area (Å²) in [6, 6.07) is 3.49. The molecule has 0 amide bonds. The standard InChI is InChI=1S/C8H9ClFNO2S/c1-2-14(12,13)11-8-5-6(10)3-4-7(8)9/h3-5,11H,2H2,1H3. The fraction of sp³-hybridized carbons (Fsp3) is 0.250. The van der Waals surface area contributed by atoms with Crippen molar-refractivity contribution in [3.05, 3.63) is 29.0 Å². The molecule has 0 bridgehead atoms. The van der Waals surface area contributed by atoms with Gasteiger partial charge in [0.15, 0.2) is 0 Å². The molecule has 0 aliphatic heterocycles. The van der Waals surface area contributed by atoms with Crippen LogP contribution in [0.4, 0.5) is 10.1 Å². The molecule has 0 radical (unpaired) electrons. The van der Waals surface area contributed by atoms with Crippen LogP contribution >= 0.6 is 11.6 Å². The third-order valence-corrected chi connectivity index (χ3v) is 3.19. The second-order valence-corrected chi connectivity index (χ2v) is 5.05. The molecule has 0 aromatic heterocycles. The third-order valence-electron chi connectivity index (χ3n) is 1.57. The molecule has 1 N–H and O–H groups in total. The highest BCUT2D eigenvalue weighted by Crippen LogP contribution is 2.23. The van der Waals surface area contributed by atoms with Crippen molar-refractivity contribution in [2.24, 2.45) is 0 Å². The summed E-state index contributed by atoms with van der Waals surface area (Å²) < 4.78 is 37.2. The van der Waals surface area contributed by atoms with Gasteiger partial charge in [0.1, 0.15) is 5.82 Å². The average molecular weight is 238 g/mol. The molecule has 1 rings (SSSR count). The first-order chi connectivity index (χ1) is 6.44. The Kier molecular flexibility index (Phi) is 3.34. The lowest BCUT2D eigenvalue weighted by Crippen LogP contribution is -2.14. The minimum Gasteiger partial charge on any atom is -0.282 e. The van der Waals surface area contributed by atoms with Gasteiger partial charge in [-0.25, -0.2) is 12.8 Å². The van der Waals surface area contributed by atoms with Crippen LogP contribution in [0.2, 0.25) is 5.02 Å². The van der Waals surface area contributed by atoms with E-state index in [1.165, 1.54) is 13.0 Å². The Morgan fingerprint density at radius 3 is 2.71 bits per heavy atom. The second kappa shape index (κ2) is 4.14. The highest BCUT2D eigenvalue weighted by molar-refractivity contribution is 7.92. The molecule has 1 aromatic carbocycles. The van der Waals surface area contributed by atoms with E-state index < -0.39 is 15.8 Å². The molecule has 14 heavy (non-hydrogen) atoms. The number of rotatable bonds is 3. The molecule has 0 unspecified atom stereocenters. The van der Waals surface area contributed by atoms with E-state index in [4.69, 9.17) is 11.6 Å². The lowest BCUT2D eigenvalue weighted by Gasteiger charge is -2.07. The van der Waals surface area contributed by atoms with Crippen molar-refractivity contribution in [3.63, 3.8) is 0 Å². The molecule has 0 aliphatic rings. The number of anilines is 1. The Hall–Kier alpha value is -0.810. The maximum absolute atomic E-state index is 12.7. The van der Waals surface area contributed by atoms with Gasteiger partial charge >= 0.3 is 0 Å². The summed E-state index contributed by atoms with van der Waals surface area (Å²) in [7, 11) is -3.41. The van der Waals surface area contributed by atoms with Crippen LogP contribution in [-0.4, -0.2) is 14.2 Å². The largest absolute Gasteiger partial charge is 0.282 e. The summed E-state index contributed by atoms with van der Waals surface area (Å²) in [4.78, 5) is 0. The summed E-state index contributed by atoms with van der Waals surface area (Å²) in [5.74, 6) is -0.622. The van der Waals surface area contributed by atoms with Crippen LogP contribution in [0.1, 0.15) is 6.92 Å². The van der Waals surface area contributed by atoms with Crippen molar-refractivity contribution in [3.8, 4) is 0 Å². The van der Waals surface area contributed by atoms with Gasteiger partial charge in [0, 0.05) is 0 Å². The number of nitrogens with one attached hydrogen (secondary N) is 1. The Bertz CT molecular complexity index is 433. The third kappa shape index (κ3) is 2.85. The number of benzene rings is 1. The van der Waals surface area contributed by atoms with E-state index in [0.717, 1.165) is 12.1 Å². The molecule has 78 valence electrons. The lowest BCUT2D eigenvalue weighted by molar-refractivity contribution is 0.602. The zero-order valence-corrected chi connectivity index (χ0v) is 8.99. The maximum atomic E-state index is 12.7. The molecule has 6 heteroatoms. The lowest BCUT2D eigenvalue weighted by atomic mass is 10.3.